The average molecular weight is 361 g/mol. The second-order valence-corrected chi connectivity index (χ2v) is 6.21. The number of nitrogens with zero attached hydrogens (tertiary/aromatic N) is 2. The first-order valence-electron chi connectivity index (χ1n) is 8.28. The number of aromatic nitrogens is 1. The minimum atomic E-state index is -0.194. The quantitative estimate of drug-likeness (QED) is 0.829. The fraction of sp³-hybridized carbons (Fsp3) is 0.333. The Labute approximate surface area is 152 Å². The van der Waals surface area contributed by atoms with Crippen molar-refractivity contribution in [3.05, 3.63) is 53.2 Å². The first-order valence-corrected chi connectivity index (χ1v) is 8.65. The normalized spacial score (nSPS) is 14.9. The summed E-state index contributed by atoms with van der Waals surface area (Å²) in [5.74, 6) is 0.493. The standard InChI is InChI=1S/C18H21ClN4O2/c19-15-2-1-3-16(13-15)22-18(24)14-4-5-20-17(12-14)21-6-7-23-8-10-25-11-9-23/h1-5,12-13H,6-11H2,(H,20,21)(H,22,24). The minimum absolute atomic E-state index is 0.194. The van der Waals surface area contributed by atoms with Crippen LogP contribution >= 0.6 is 11.6 Å². The largest absolute Gasteiger partial charge is 0.379 e. The summed E-state index contributed by atoms with van der Waals surface area (Å²) in [5, 5.41) is 6.68. The number of benzene rings is 1. The highest BCUT2D eigenvalue weighted by molar-refractivity contribution is 6.30. The van der Waals surface area contributed by atoms with E-state index in [9.17, 15) is 4.79 Å². The van der Waals surface area contributed by atoms with Crippen molar-refractivity contribution in [2.75, 3.05) is 50.0 Å². The summed E-state index contributed by atoms with van der Waals surface area (Å²) >= 11 is 5.94. The Morgan fingerprint density at radius 3 is 2.88 bits per heavy atom. The Morgan fingerprint density at radius 1 is 1.24 bits per heavy atom. The van der Waals surface area contributed by atoms with Gasteiger partial charge in [0.2, 0.25) is 0 Å². The molecule has 1 aliphatic rings. The van der Waals surface area contributed by atoms with E-state index in [2.05, 4.69) is 20.5 Å². The summed E-state index contributed by atoms with van der Waals surface area (Å²) in [6, 6.07) is 10.5. The number of carbonyl (C=O) groups is 1. The molecule has 1 amide bonds. The van der Waals surface area contributed by atoms with Crippen LogP contribution in [0.2, 0.25) is 5.02 Å². The van der Waals surface area contributed by atoms with Crippen LogP contribution in [0, 0.1) is 0 Å². The summed E-state index contributed by atoms with van der Waals surface area (Å²) in [4.78, 5) is 19.0. The van der Waals surface area contributed by atoms with Gasteiger partial charge in [0.1, 0.15) is 5.82 Å². The second kappa shape index (κ2) is 8.80. The van der Waals surface area contributed by atoms with Crippen LogP contribution in [-0.2, 0) is 4.74 Å². The van der Waals surface area contributed by atoms with Gasteiger partial charge in [-0.15, -0.1) is 0 Å². The maximum absolute atomic E-state index is 12.4. The smallest absolute Gasteiger partial charge is 0.255 e. The minimum Gasteiger partial charge on any atom is -0.379 e. The molecular weight excluding hydrogens is 340 g/mol. The molecule has 1 aromatic heterocycles. The monoisotopic (exact) mass is 360 g/mol. The Balaban J connectivity index is 1.54. The number of amides is 1. The number of morpholine rings is 1. The van der Waals surface area contributed by atoms with Crippen molar-refractivity contribution >= 4 is 29.0 Å². The van der Waals surface area contributed by atoms with Crippen LogP contribution in [-0.4, -0.2) is 55.2 Å². The zero-order valence-corrected chi connectivity index (χ0v) is 14.6. The van der Waals surface area contributed by atoms with Crippen LogP contribution in [0.5, 0.6) is 0 Å². The molecule has 0 unspecified atom stereocenters. The number of rotatable bonds is 6. The summed E-state index contributed by atoms with van der Waals surface area (Å²) < 4.78 is 5.34. The van der Waals surface area contributed by atoms with Crippen LogP contribution in [0.1, 0.15) is 10.4 Å². The van der Waals surface area contributed by atoms with Crippen molar-refractivity contribution in [2.45, 2.75) is 0 Å². The number of halogens is 1. The van der Waals surface area contributed by atoms with Crippen LogP contribution in [0.25, 0.3) is 0 Å². The molecule has 6 nitrogen and oxygen atoms in total. The van der Waals surface area contributed by atoms with Gasteiger partial charge in [0.25, 0.3) is 5.91 Å². The first-order chi connectivity index (χ1) is 12.2. The van der Waals surface area contributed by atoms with E-state index in [0.29, 0.717) is 22.1 Å². The molecule has 1 aromatic carbocycles. The van der Waals surface area contributed by atoms with E-state index in [-0.39, 0.29) is 5.91 Å². The zero-order chi connectivity index (χ0) is 17.5. The van der Waals surface area contributed by atoms with Gasteiger partial charge < -0.3 is 15.4 Å². The Bertz CT molecular complexity index is 720. The molecule has 0 bridgehead atoms. The van der Waals surface area contributed by atoms with E-state index in [1.807, 2.05) is 0 Å². The van der Waals surface area contributed by atoms with E-state index in [4.69, 9.17) is 16.3 Å². The number of pyridine rings is 1. The third-order valence-corrected chi connectivity index (χ3v) is 4.18. The van der Waals surface area contributed by atoms with Crippen molar-refractivity contribution in [3.8, 4) is 0 Å². The molecule has 2 aromatic rings. The van der Waals surface area contributed by atoms with Gasteiger partial charge in [-0.3, -0.25) is 9.69 Å². The third-order valence-electron chi connectivity index (χ3n) is 3.94. The topological polar surface area (TPSA) is 66.5 Å². The Kier molecular flexibility index (Phi) is 6.22. The molecule has 7 heteroatoms. The summed E-state index contributed by atoms with van der Waals surface area (Å²) in [7, 11) is 0. The highest BCUT2D eigenvalue weighted by Crippen LogP contribution is 2.16. The van der Waals surface area contributed by atoms with Gasteiger partial charge in [0.05, 0.1) is 13.2 Å². The van der Waals surface area contributed by atoms with E-state index in [0.717, 1.165) is 39.4 Å². The van der Waals surface area contributed by atoms with Crippen molar-refractivity contribution < 1.29 is 9.53 Å². The molecule has 0 saturated carbocycles. The predicted molar refractivity (Wildman–Crippen MR) is 99.4 cm³/mol. The maximum Gasteiger partial charge on any atom is 0.255 e. The number of nitrogens with one attached hydrogen (secondary N) is 2. The van der Waals surface area contributed by atoms with Gasteiger partial charge in [-0.1, -0.05) is 17.7 Å². The molecule has 0 aliphatic carbocycles. The van der Waals surface area contributed by atoms with Gasteiger partial charge in [0.15, 0.2) is 0 Å². The lowest BCUT2D eigenvalue weighted by Crippen LogP contribution is -2.39. The summed E-state index contributed by atoms with van der Waals surface area (Å²) in [6.07, 6.45) is 1.63. The van der Waals surface area contributed by atoms with E-state index in [1.165, 1.54) is 0 Å². The van der Waals surface area contributed by atoms with Gasteiger partial charge in [-0.05, 0) is 30.3 Å². The predicted octanol–water partition coefficient (Wildman–Crippen LogP) is 2.73. The fourth-order valence-electron chi connectivity index (χ4n) is 2.60. The van der Waals surface area contributed by atoms with E-state index >= 15 is 0 Å². The van der Waals surface area contributed by atoms with Gasteiger partial charge in [-0.25, -0.2) is 4.98 Å². The lowest BCUT2D eigenvalue weighted by Gasteiger charge is -2.26. The molecule has 0 radical (unpaired) electrons. The number of ether oxygens (including phenoxy) is 1. The highest BCUT2D eigenvalue weighted by Gasteiger charge is 2.10. The molecule has 1 fully saturated rings. The number of hydrogen-bond donors (Lipinski definition) is 2. The van der Waals surface area contributed by atoms with E-state index < -0.39 is 0 Å². The SMILES string of the molecule is O=C(Nc1cccc(Cl)c1)c1ccnc(NCCN2CCOCC2)c1. The molecule has 0 spiro atoms. The molecule has 2 N–H and O–H groups in total. The summed E-state index contributed by atoms with van der Waals surface area (Å²) in [6.45, 7) is 5.18. The van der Waals surface area contributed by atoms with Crippen molar-refractivity contribution in [3.63, 3.8) is 0 Å². The molecule has 1 saturated heterocycles. The summed E-state index contributed by atoms with van der Waals surface area (Å²) in [5.41, 5.74) is 1.21. The van der Waals surface area contributed by atoms with E-state index in [1.54, 1.807) is 42.6 Å². The molecule has 2 heterocycles. The van der Waals surface area contributed by atoms with Crippen LogP contribution in [0.3, 0.4) is 0 Å². The molecule has 132 valence electrons. The van der Waals surface area contributed by atoms with Crippen molar-refractivity contribution in [1.29, 1.82) is 0 Å². The lowest BCUT2D eigenvalue weighted by atomic mass is 10.2. The van der Waals surface area contributed by atoms with Gasteiger partial charge >= 0.3 is 0 Å². The number of carbonyl (C=O) groups excluding carboxylic acids is 1. The molecule has 25 heavy (non-hydrogen) atoms. The van der Waals surface area contributed by atoms with Crippen molar-refractivity contribution in [2.24, 2.45) is 0 Å². The fourth-order valence-corrected chi connectivity index (χ4v) is 2.80. The van der Waals surface area contributed by atoms with Gasteiger partial charge in [-0.2, -0.15) is 0 Å². The average Bonchev–Trinajstić information content (AvgIpc) is 2.63. The number of anilines is 2. The zero-order valence-electron chi connectivity index (χ0n) is 13.9. The number of hydrogen-bond acceptors (Lipinski definition) is 5. The van der Waals surface area contributed by atoms with Crippen LogP contribution in [0.15, 0.2) is 42.6 Å². The van der Waals surface area contributed by atoms with Crippen LogP contribution < -0.4 is 10.6 Å². The second-order valence-electron chi connectivity index (χ2n) is 5.78. The molecule has 1 aliphatic heterocycles. The first kappa shape index (κ1) is 17.7. The van der Waals surface area contributed by atoms with Crippen molar-refractivity contribution in [1.82, 2.24) is 9.88 Å². The Morgan fingerprint density at radius 2 is 2.08 bits per heavy atom. The molecule has 0 atom stereocenters. The third kappa shape index (κ3) is 5.42. The molecule has 3 rings (SSSR count). The molecular formula is C18H21ClN4O2. The van der Waals surface area contributed by atoms with Gasteiger partial charge in [0, 0.05) is 48.6 Å². The Hall–Kier alpha value is -2.15. The lowest BCUT2D eigenvalue weighted by molar-refractivity contribution is 0.0398. The van der Waals surface area contributed by atoms with Crippen LogP contribution in [0.4, 0.5) is 11.5 Å². The maximum atomic E-state index is 12.4. The highest BCUT2D eigenvalue weighted by atomic mass is 35.5.